The minimum absolute atomic E-state index is 0.0639. The Balaban J connectivity index is 1.76. The van der Waals surface area contributed by atoms with Crippen molar-refractivity contribution in [1.29, 1.82) is 0 Å². The lowest BCUT2D eigenvalue weighted by atomic mass is 10.3. The van der Waals surface area contributed by atoms with E-state index >= 15 is 0 Å². The zero-order chi connectivity index (χ0) is 15.7. The van der Waals surface area contributed by atoms with E-state index < -0.39 is 10.0 Å². The molecule has 0 bridgehead atoms. The summed E-state index contributed by atoms with van der Waals surface area (Å²) in [5.74, 6) is 0. The van der Waals surface area contributed by atoms with Crippen LogP contribution >= 0.6 is 34.5 Å². The molecule has 1 aliphatic rings. The van der Waals surface area contributed by atoms with Crippen LogP contribution in [-0.4, -0.2) is 32.5 Å². The molecule has 2 heterocycles. The Hall–Kier alpha value is -0.860. The number of benzene rings is 1. The third kappa shape index (κ3) is 3.23. The number of anilines is 1. The Morgan fingerprint density at radius 2 is 2.05 bits per heavy atom. The van der Waals surface area contributed by atoms with Crippen LogP contribution in [0.4, 0.5) is 5.13 Å². The van der Waals surface area contributed by atoms with Crippen LogP contribution in [0.3, 0.4) is 0 Å². The van der Waals surface area contributed by atoms with E-state index in [-0.39, 0.29) is 21.0 Å². The topological polar surface area (TPSA) is 62.3 Å². The number of thiazole rings is 1. The first-order valence-corrected chi connectivity index (χ1v) is 9.70. The first kappa shape index (κ1) is 16.0. The highest BCUT2D eigenvalue weighted by molar-refractivity contribution is 7.89. The van der Waals surface area contributed by atoms with Gasteiger partial charge in [0.25, 0.3) is 0 Å². The minimum atomic E-state index is -3.75. The van der Waals surface area contributed by atoms with Crippen molar-refractivity contribution in [1.82, 2.24) is 9.71 Å². The quantitative estimate of drug-likeness (QED) is 0.889. The van der Waals surface area contributed by atoms with Gasteiger partial charge in [0.1, 0.15) is 4.90 Å². The van der Waals surface area contributed by atoms with E-state index in [4.69, 9.17) is 23.2 Å². The summed E-state index contributed by atoms with van der Waals surface area (Å²) in [6.07, 6.45) is 2.45. The molecular formula is C13H13Cl2N3O2S2. The molecule has 2 aromatic rings. The van der Waals surface area contributed by atoms with Gasteiger partial charge in [-0.1, -0.05) is 29.3 Å². The highest BCUT2D eigenvalue weighted by atomic mass is 35.5. The van der Waals surface area contributed by atoms with Gasteiger partial charge in [-0.3, -0.25) is 0 Å². The highest BCUT2D eigenvalue weighted by Crippen LogP contribution is 2.30. The van der Waals surface area contributed by atoms with Gasteiger partial charge in [-0.15, -0.1) is 11.3 Å². The maximum Gasteiger partial charge on any atom is 0.243 e. The zero-order valence-electron chi connectivity index (χ0n) is 11.4. The van der Waals surface area contributed by atoms with Gasteiger partial charge in [0, 0.05) is 30.7 Å². The molecule has 1 atom stereocenters. The number of rotatable bonds is 4. The lowest BCUT2D eigenvalue weighted by Crippen LogP contribution is -2.37. The smallest absolute Gasteiger partial charge is 0.243 e. The molecule has 1 aromatic heterocycles. The molecule has 1 saturated heterocycles. The average molecular weight is 378 g/mol. The third-order valence-electron chi connectivity index (χ3n) is 3.39. The molecule has 5 nitrogen and oxygen atoms in total. The molecule has 1 unspecified atom stereocenters. The Bertz CT molecular complexity index is 745. The first-order chi connectivity index (χ1) is 10.5. The van der Waals surface area contributed by atoms with Crippen molar-refractivity contribution >= 4 is 49.7 Å². The molecule has 0 aliphatic carbocycles. The average Bonchev–Trinajstić information content (AvgIpc) is 3.07. The van der Waals surface area contributed by atoms with Crippen molar-refractivity contribution in [2.75, 3.05) is 18.0 Å². The van der Waals surface area contributed by atoms with Gasteiger partial charge in [0.05, 0.1) is 10.0 Å². The van der Waals surface area contributed by atoms with Crippen LogP contribution in [0.2, 0.25) is 10.0 Å². The fraction of sp³-hybridized carbons (Fsp3) is 0.308. The van der Waals surface area contributed by atoms with Gasteiger partial charge < -0.3 is 4.90 Å². The number of halogens is 2. The summed E-state index contributed by atoms with van der Waals surface area (Å²) >= 11 is 13.5. The van der Waals surface area contributed by atoms with Gasteiger partial charge in [-0.25, -0.2) is 18.1 Å². The van der Waals surface area contributed by atoms with Crippen LogP contribution in [0, 0.1) is 0 Å². The molecule has 9 heteroatoms. The second-order valence-corrected chi connectivity index (χ2v) is 8.26. The lowest BCUT2D eigenvalue weighted by molar-refractivity contribution is 0.561. The van der Waals surface area contributed by atoms with Crippen molar-refractivity contribution < 1.29 is 8.42 Å². The van der Waals surface area contributed by atoms with Crippen molar-refractivity contribution in [2.45, 2.75) is 17.4 Å². The Morgan fingerprint density at radius 1 is 1.32 bits per heavy atom. The van der Waals surface area contributed by atoms with Gasteiger partial charge >= 0.3 is 0 Å². The number of hydrogen-bond donors (Lipinski definition) is 1. The lowest BCUT2D eigenvalue weighted by Gasteiger charge is -2.16. The van der Waals surface area contributed by atoms with E-state index in [1.54, 1.807) is 12.3 Å². The second kappa shape index (κ2) is 6.33. The van der Waals surface area contributed by atoms with Crippen molar-refractivity contribution in [3.8, 4) is 0 Å². The van der Waals surface area contributed by atoms with Crippen LogP contribution < -0.4 is 9.62 Å². The zero-order valence-corrected chi connectivity index (χ0v) is 14.5. The van der Waals surface area contributed by atoms with Crippen LogP contribution in [0.15, 0.2) is 34.7 Å². The number of aromatic nitrogens is 1. The van der Waals surface area contributed by atoms with E-state index in [1.165, 1.54) is 23.5 Å². The molecule has 22 heavy (non-hydrogen) atoms. The molecule has 0 saturated carbocycles. The van der Waals surface area contributed by atoms with Crippen molar-refractivity contribution in [3.05, 3.63) is 39.8 Å². The van der Waals surface area contributed by atoms with Gasteiger partial charge in [0.2, 0.25) is 10.0 Å². The normalized spacial score (nSPS) is 18.8. The molecule has 1 aromatic carbocycles. The molecule has 0 radical (unpaired) electrons. The molecule has 0 spiro atoms. The summed E-state index contributed by atoms with van der Waals surface area (Å²) in [6.45, 7) is 1.34. The summed E-state index contributed by atoms with van der Waals surface area (Å²) in [5, 5.41) is 3.04. The van der Waals surface area contributed by atoms with Crippen LogP contribution in [-0.2, 0) is 10.0 Å². The first-order valence-electron chi connectivity index (χ1n) is 6.58. The summed E-state index contributed by atoms with van der Waals surface area (Å²) in [6, 6.07) is 4.45. The second-order valence-electron chi connectivity index (χ2n) is 4.92. The van der Waals surface area contributed by atoms with E-state index in [0.717, 1.165) is 11.7 Å². The molecule has 1 aliphatic heterocycles. The maximum absolute atomic E-state index is 12.5. The Kier molecular flexibility index (Phi) is 4.61. The van der Waals surface area contributed by atoms with Crippen LogP contribution in [0.1, 0.15) is 6.42 Å². The number of nitrogens with zero attached hydrogens (tertiary/aromatic N) is 2. The predicted octanol–water partition coefficient (Wildman–Crippen LogP) is 3.01. The molecule has 3 rings (SSSR count). The molecule has 118 valence electrons. The Morgan fingerprint density at radius 3 is 2.68 bits per heavy atom. The van der Waals surface area contributed by atoms with E-state index in [9.17, 15) is 8.42 Å². The summed E-state index contributed by atoms with van der Waals surface area (Å²) in [4.78, 5) is 6.24. The standard InChI is InChI=1S/C13H13Cl2N3O2S2/c14-10-2-1-3-11(15)12(10)22(19,20)17-9-4-6-18(8-9)13-16-5-7-21-13/h1-3,5,7,9,17H,4,6,8H2. The van der Waals surface area contributed by atoms with Crippen molar-refractivity contribution in [3.63, 3.8) is 0 Å². The van der Waals surface area contributed by atoms with Gasteiger partial charge in [-0.05, 0) is 18.6 Å². The minimum Gasteiger partial charge on any atom is -0.346 e. The molecule has 1 fully saturated rings. The van der Waals surface area contributed by atoms with Gasteiger partial charge in [-0.2, -0.15) is 0 Å². The maximum atomic E-state index is 12.5. The van der Waals surface area contributed by atoms with Crippen LogP contribution in [0.25, 0.3) is 0 Å². The fourth-order valence-electron chi connectivity index (χ4n) is 2.42. The van der Waals surface area contributed by atoms with E-state index in [0.29, 0.717) is 13.0 Å². The molecule has 0 amide bonds. The van der Waals surface area contributed by atoms with E-state index in [2.05, 4.69) is 14.6 Å². The van der Waals surface area contributed by atoms with Crippen LogP contribution in [0.5, 0.6) is 0 Å². The summed E-state index contributed by atoms with van der Waals surface area (Å²) in [5.41, 5.74) is 0. The largest absolute Gasteiger partial charge is 0.346 e. The monoisotopic (exact) mass is 377 g/mol. The summed E-state index contributed by atoms with van der Waals surface area (Å²) in [7, 11) is -3.75. The number of hydrogen-bond acceptors (Lipinski definition) is 5. The highest BCUT2D eigenvalue weighted by Gasteiger charge is 2.30. The van der Waals surface area contributed by atoms with E-state index in [1.807, 2.05) is 5.38 Å². The van der Waals surface area contributed by atoms with Crippen molar-refractivity contribution in [2.24, 2.45) is 0 Å². The van der Waals surface area contributed by atoms with Gasteiger partial charge in [0.15, 0.2) is 5.13 Å². The fourth-order valence-corrected chi connectivity index (χ4v) is 5.51. The summed E-state index contributed by atoms with van der Waals surface area (Å²) < 4.78 is 27.7. The number of nitrogens with one attached hydrogen (secondary N) is 1. The third-order valence-corrected chi connectivity index (χ3v) is 6.69. The SMILES string of the molecule is O=S(=O)(NC1CCN(c2nccs2)C1)c1c(Cl)cccc1Cl. The predicted molar refractivity (Wildman–Crippen MR) is 89.5 cm³/mol. The molecule has 1 N–H and O–H groups in total. The number of sulfonamides is 1. The Labute approximate surface area is 142 Å². The molecular weight excluding hydrogens is 365 g/mol.